The van der Waals surface area contributed by atoms with E-state index in [0.717, 1.165) is 23.5 Å². The number of carboxylic acid groups (broad SMARTS) is 1. The van der Waals surface area contributed by atoms with Gasteiger partial charge in [-0.2, -0.15) is 4.72 Å². The Morgan fingerprint density at radius 3 is 2.50 bits per heavy atom. The Morgan fingerprint density at radius 2 is 1.87 bits per heavy atom. The molecule has 0 aliphatic heterocycles. The summed E-state index contributed by atoms with van der Waals surface area (Å²) in [4.78, 5) is 20.9. The predicted octanol–water partition coefficient (Wildman–Crippen LogP) is 4.55. The number of benzene rings is 2. The second kappa shape index (κ2) is 8.43. The van der Waals surface area contributed by atoms with Gasteiger partial charge < -0.3 is 14.5 Å². The van der Waals surface area contributed by atoms with Crippen LogP contribution in [0.25, 0.3) is 10.1 Å². The zero-order chi connectivity index (χ0) is 22.3. The van der Waals surface area contributed by atoms with Crippen molar-refractivity contribution in [3.63, 3.8) is 0 Å². The number of hydrogen-bond donors (Lipinski definition) is 3. The highest BCUT2D eigenvalue weighted by Gasteiger charge is 2.28. The Bertz CT molecular complexity index is 1270. The first-order chi connectivity index (χ1) is 13.9. The van der Waals surface area contributed by atoms with Crippen LogP contribution in [0.4, 0.5) is 4.39 Å². The fraction of sp³-hybridized carbons (Fsp3) is 0.0625. The molecule has 0 amide bonds. The average molecular weight is 514 g/mol. The zero-order valence-corrected chi connectivity index (χ0v) is 18.5. The molecule has 3 rings (SSSR count). The van der Waals surface area contributed by atoms with Gasteiger partial charge in [-0.3, -0.25) is 0 Å². The first kappa shape index (κ1) is 23.0. The van der Waals surface area contributed by atoms with E-state index in [1.165, 1.54) is 18.2 Å². The van der Waals surface area contributed by atoms with E-state index in [1.54, 1.807) is 0 Å². The van der Waals surface area contributed by atoms with Gasteiger partial charge in [0.05, 0.1) is 15.3 Å². The molecule has 1 aromatic heterocycles. The molecule has 2 aromatic carbocycles. The van der Waals surface area contributed by atoms with Crippen LogP contribution in [0.5, 0.6) is 5.75 Å². The molecule has 0 spiro atoms. The number of rotatable bonds is 7. The summed E-state index contributed by atoms with van der Waals surface area (Å²) in [6.07, 6.45) is -1.10. The second-order valence-corrected chi connectivity index (χ2v) is 11.5. The summed E-state index contributed by atoms with van der Waals surface area (Å²) in [7, 11) is -8.99. The van der Waals surface area contributed by atoms with Crippen molar-refractivity contribution >= 4 is 68.2 Å². The van der Waals surface area contributed by atoms with E-state index in [1.807, 2.05) is 4.72 Å². The Hall–Kier alpha value is -1.72. The van der Waals surface area contributed by atoms with Crippen LogP contribution < -0.4 is 9.25 Å². The standard InChI is InChI=1S/C16H11Cl2FNO7PS2/c17-10-2-3-11(18)15-9(10)6-14(29-15)30(25,26)20-7-28(23,24)27-13-5-8(16(21)22)1-4-12(13)19/h1-6,20H,7H2,(H,21,22)(H,23,24). The molecule has 3 N–H and O–H groups in total. The van der Waals surface area contributed by atoms with Crippen molar-refractivity contribution in [2.45, 2.75) is 4.21 Å². The molecule has 1 atom stereocenters. The van der Waals surface area contributed by atoms with Crippen LogP contribution in [-0.4, -0.2) is 30.7 Å². The molecule has 1 unspecified atom stereocenters. The molecule has 160 valence electrons. The largest absolute Gasteiger partial charge is 0.478 e. The topological polar surface area (TPSA) is 130 Å². The lowest BCUT2D eigenvalue weighted by atomic mass is 10.2. The van der Waals surface area contributed by atoms with E-state index in [-0.39, 0.29) is 19.8 Å². The lowest BCUT2D eigenvalue weighted by Gasteiger charge is -2.14. The second-order valence-electron chi connectivity index (χ2n) is 5.82. The highest BCUT2D eigenvalue weighted by Crippen LogP contribution is 2.43. The summed E-state index contributed by atoms with van der Waals surface area (Å²) in [5, 5.41) is 9.87. The molecule has 30 heavy (non-hydrogen) atoms. The predicted molar refractivity (Wildman–Crippen MR) is 111 cm³/mol. The summed E-state index contributed by atoms with van der Waals surface area (Å²) in [5.74, 6) is -3.30. The molecule has 0 aliphatic rings. The number of aromatic carboxylic acids is 1. The van der Waals surface area contributed by atoms with Gasteiger partial charge in [-0.25, -0.2) is 22.2 Å². The van der Waals surface area contributed by atoms with Crippen molar-refractivity contribution in [3.8, 4) is 5.75 Å². The molecule has 0 aliphatic carbocycles. The van der Waals surface area contributed by atoms with Crippen LogP contribution in [0, 0.1) is 5.82 Å². The number of carboxylic acids is 1. The minimum absolute atomic E-state index is 0.216. The zero-order valence-electron chi connectivity index (χ0n) is 14.5. The summed E-state index contributed by atoms with van der Waals surface area (Å²) in [6.45, 7) is 0. The van der Waals surface area contributed by atoms with E-state index in [4.69, 9.17) is 28.3 Å². The van der Waals surface area contributed by atoms with Crippen molar-refractivity contribution in [3.05, 3.63) is 57.8 Å². The van der Waals surface area contributed by atoms with Gasteiger partial charge in [0.2, 0.25) is 0 Å². The number of hydrogen-bond acceptors (Lipinski definition) is 6. The van der Waals surface area contributed by atoms with E-state index in [0.29, 0.717) is 16.2 Å². The number of halogens is 3. The van der Waals surface area contributed by atoms with Crippen molar-refractivity contribution in [1.82, 2.24) is 4.72 Å². The highest BCUT2D eigenvalue weighted by atomic mass is 35.5. The van der Waals surface area contributed by atoms with Gasteiger partial charge in [0.15, 0.2) is 11.6 Å². The summed E-state index contributed by atoms with van der Waals surface area (Å²) in [5.41, 5.74) is -0.383. The van der Waals surface area contributed by atoms with Crippen LogP contribution in [0.1, 0.15) is 10.4 Å². The molecule has 14 heteroatoms. The maximum Gasteiger partial charge on any atom is 0.391 e. The van der Waals surface area contributed by atoms with E-state index < -0.39 is 41.4 Å². The first-order valence-corrected chi connectivity index (χ1v) is 12.6. The monoisotopic (exact) mass is 513 g/mol. The molecule has 0 fully saturated rings. The van der Waals surface area contributed by atoms with Gasteiger partial charge in [0.1, 0.15) is 10.5 Å². The number of carbonyl (C=O) groups is 1. The molecule has 0 radical (unpaired) electrons. The number of thiophene rings is 1. The van der Waals surface area contributed by atoms with Gasteiger partial charge in [-0.1, -0.05) is 23.2 Å². The van der Waals surface area contributed by atoms with Crippen LogP contribution in [0.15, 0.2) is 40.6 Å². The molecular weight excluding hydrogens is 503 g/mol. The third-order valence-corrected chi connectivity index (χ3v) is 8.75. The van der Waals surface area contributed by atoms with E-state index >= 15 is 0 Å². The Kier molecular flexibility index (Phi) is 6.45. The minimum Gasteiger partial charge on any atom is -0.478 e. The van der Waals surface area contributed by atoms with Crippen LogP contribution in [0.2, 0.25) is 10.0 Å². The maximum atomic E-state index is 13.8. The summed E-state index contributed by atoms with van der Waals surface area (Å²) in [6, 6.07) is 6.65. The van der Waals surface area contributed by atoms with Crippen molar-refractivity contribution in [2.75, 3.05) is 6.29 Å². The summed E-state index contributed by atoms with van der Waals surface area (Å²) >= 11 is 12.9. The first-order valence-electron chi connectivity index (χ1n) is 7.81. The Balaban J connectivity index is 1.81. The smallest absolute Gasteiger partial charge is 0.391 e. The van der Waals surface area contributed by atoms with Crippen molar-refractivity contribution in [2.24, 2.45) is 0 Å². The van der Waals surface area contributed by atoms with Crippen LogP contribution in [0.3, 0.4) is 0 Å². The lowest BCUT2D eigenvalue weighted by Crippen LogP contribution is -2.25. The average Bonchev–Trinajstić information content (AvgIpc) is 3.13. The quantitative estimate of drug-likeness (QED) is 0.395. The van der Waals surface area contributed by atoms with Gasteiger partial charge in [0.25, 0.3) is 10.0 Å². The Labute approximate surface area is 183 Å². The molecule has 3 aromatic rings. The summed E-state index contributed by atoms with van der Waals surface area (Å²) < 4.78 is 57.8. The minimum atomic E-state index is -4.73. The van der Waals surface area contributed by atoms with Gasteiger partial charge in [-0.05, 0) is 36.4 Å². The maximum absolute atomic E-state index is 13.8. The number of sulfonamides is 1. The molecular formula is C16H11Cl2FNO7PS2. The third-order valence-electron chi connectivity index (χ3n) is 3.70. The SMILES string of the molecule is O=C(O)c1ccc(F)c(OP(=O)(O)CNS(=O)(=O)c2cc3c(Cl)ccc(Cl)c3s2)c1. The molecule has 8 nitrogen and oxygen atoms in total. The van der Waals surface area contributed by atoms with E-state index in [2.05, 4.69) is 4.52 Å². The van der Waals surface area contributed by atoms with Crippen molar-refractivity contribution < 1.29 is 36.7 Å². The fourth-order valence-corrected chi connectivity index (χ4v) is 6.79. The van der Waals surface area contributed by atoms with Crippen molar-refractivity contribution in [1.29, 1.82) is 0 Å². The molecule has 0 saturated carbocycles. The lowest BCUT2D eigenvalue weighted by molar-refractivity contribution is 0.0696. The van der Waals surface area contributed by atoms with Gasteiger partial charge in [0, 0.05) is 10.4 Å². The number of nitrogens with one attached hydrogen (secondary N) is 1. The fourth-order valence-electron chi connectivity index (χ4n) is 2.30. The Morgan fingerprint density at radius 1 is 1.20 bits per heavy atom. The number of fused-ring (bicyclic) bond motifs is 1. The van der Waals surface area contributed by atoms with Crippen LogP contribution >= 0.6 is 42.1 Å². The highest BCUT2D eigenvalue weighted by molar-refractivity contribution is 7.92. The molecule has 1 heterocycles. The normalized spacial score (nSPS) is 13.9. The molecule has 0 bridgehead atoms. The van der Waals surface area contributed by atoms with E-state index in [9.17, 15) is 27.1 Å². The van der Waals surface area contributed by atoms with Crippen LogP contribution in [-0.2, 0) is 14.6 Å². The van der Waals surface area contributed by atoms with Gasteiger partial charge in [-0.15, -0.1) is 11.3 Å². The van der Waals surface area contributed by atoms with Gasteiger partial charge >= 0.3 is 13.6 Å². The third kappa shape index (κ3) is 4.94. The molecule has 0 saturated heterocycles.